The fourth-order valence-corrected chi connectivity index (χ4v) is 4.90. The molecule has 3 aromatic rings. The summed E-state index contributed by atoms with van der Waals surface area (Å²) in [5.41, 5.74) is 6.20. The van der Waals surface area contributed by atoms with Crippen LogP contribution in [0, 0.1) is 6.92 Å². The molecule has 0 bridgehead atoms. The number of ether oxygens (including phenoxy) is 1. The van der Waals surface area contributed by atoms with Crippen molar-refractivity contribution in [3.63, 3.8) is 0 Å². The highest BCUT2D eigenvalue weighted by Gasteiger charge is 2.30. The molecule has 0 saturated heterocycles. The van der Waals surface area contributed by atoms with E-state index in [-0.39, 0.29) is 0 Å². The maximum Gasteiger partial charge on any atom is 0.285 e. The quantitative estimate of drug-likeness (QED) is 0.496. The van der Waals surface area contributed by atoms with E-state index in [9.17, 15) is 0 Å². The Morgan fingerprint density at radius 1 is 1.13 bits per heavy atom. The molecule has 0 atom stereocenters. The minimum absolute atomic E-state index is 0.784. The average molecular weight is 421 g/mol. The Labute approximate surface area is 182 Å². The first-order valence-corrected chi connectivity index (χ1v) is 11.2. The summed E-state index contributed by atoms with van der Waals surface area (Å²) < 4.78 is 11.0. The number of hydrogen-bond acceptors (Lipinski definition) is 2. The number of halogens is 1. The Hall–Kier alpha value is -2.72. The number of rotatable bonds is 3. The van der Waals surface area contributed by atoms with Gasteiger partial charge in [-0.3, -0.25) is 0 Å². The maximum absolute atomic E-state index is 6.31. The maximum atomic E-state index is 6.31. The molecule has 0 fully saturated rings. The molecule has 5 heteroatoms. The second-order valence-corrected chi connectivity index (χ2v) is 8.41. The molecule has 0 unspecified atom stereocenters. The fourth-order valence-electron chi connectivity index (χ4n) is 4.74. The fraction of sp³-hybridized carbons (Fsp3) is 0.320. The third-order valence-electron chi connectivity index (χ3n) is 6.09. The Kier molecular flexibility index (Phi) is 4.82. The number of aromatic nitrogens is 2. The molecule has 2 aliphatic heterocycles. The van der Waals surface area contributed by atoms with E-state index in [0.29, 0.717) is 0 Å². The molecule has 0 N–H and O–H groups in total. The van der Waals surface area contributed by atoms with Gasteiger partial charge in [0.2, 0.25) is 5.88 Å². The summed E-state index contributed by atoms with van der Waals surface area (Å²) in [5.74, 6) is 3.11. The van der Waals surface area contributed by atoms with Crippen LogP contribution >= 0.6 is 11.6 Å². The van der Waals surface area contributed by atoms with Gasteiger partial charge in [0.25, 0.3) is 5.82 Å². The molecule has 0 radical (unpaired) electrons. The van der Waals surface area contributed by atoms with Gasteiger partial charge in [0, 0.05) is 23.2 Å². The van der Waals surface area contributed by atoms with Gasteiger partial charge in [-0.1, -0.05) is 17.7 Å². The first-order chi connectivity index (χ1) is 14.6. The molecule has 30 heavy (non-hydrogen) atoms. The Bertz CT molecular complexity index is 1200. The van der Waals surface area contributed by atoms with Crippen LogP contribution in [0.3, 0.4) is 0 Å². The summed E-state index contributed by atoms with van der Waals surface area (Å²) in [6, 6.07) is 12.6. The summed E-state index contributed by atoms with van der Waals surface area (Å²) in [6.45, 7) is 9.30. The molecule has 5 rings (SSSR count). The molecule has 0 amide bonds. The van der Waals surface area contributed by atoms with Gasteiger partial charge in [-0.25, -0.2) is 9.13 Å². The number of nitrogens with zero attached hydrogens (tertiary/aromatic N) is 3. The van der Waals surface area contributed by atoms with Crippen LogP contribution in [0.15, 0.2) is 54.4 Å². The van der Waals surface area contributed by atoms with E-state index in [2.05, 4.69) is 77.3 Å². The summed E-state index contributed by atoms with van der Waals surface area (Å²) in [5, 5.41) is 0.784. The normalized spacial score (nSPS) is 18.2. The zero-order valence-corrected chi connectivity index (χ0v) is 18.5. The van der Waals surface area contributed by atoms with Crippen LogP contribution in [0.1, 0.15) is 38.1 Å². The lowest BCUT2D eigenvalue weighted by atomic mass is 10.1. The molecule has 4 nitrogen and oxygen atoms in total. The third kappa shape index (κ3) is 3.02. The molecule has 154 valence electrons. The van der Waals surface area contributed by atoms with Crippen molar-refractivity contribution in [1.29, 1.82) is 0 Å². The van der Waals surface area contributed by atoms with E-state index in [0.717, 1.165) is 54.8 Å². The van der Waals surface area contributed by atoms with Crippen molar-refractivity contribution >= 4 is 33.9 Å². The number of hydrogen-bond donors (Lipinski definition) is 0. The standard InChI is InChI=1S/C25H27ClN3O/c1-4-27-22-15-17(3)8-12-23(22)30-24(27)13-9-18-7-6-14-29-20-11-10-19(26)16-21(20)28(5-2)25(18)29/h8-13,15-16H,4-7,14H2,1-3H3/q+1. The highest BCUT2D eigenvalue weighted by atomic mass is 35.5. The predicted octanol–water partition coefficient (Wildman–Crippen LogP) is 5.85. The van der Waals surface area contributed by atoms with Gasteiger partial charge in [-0.2, -0.15) is 0 Å². The number of fused-ring (bicyclic) bond motifs is 4. The van der Waals surface area contributed by atoms with Crippen LogP contribution in [-0.2, 0) is 13.1 Å². The lowest BCUT2D eigenvalue weighted by molar-refractivity contribution is -0.671. The third-order valence-corrected chi connectivity index (χ3v) is 6.33. The molecule has 0 spiro atoms. The number of benzene rings is 2. The lowest BCUT2D eigenvalue weighted by Crippen LogP contribution is -2.37. The van der Waals surface area contributed by atoms with E-state index in [1.54, 1.807) is 0 Å². The topological polar surface area (TPSA) is 21.3 Å². The molecule has 0 saturated carbocycles. The van der Waals surface area contributed by atoms with Crippen molar-refractivity contribution in [2.45, 2.75) is 46.7 Å². The molecular weight excluding hydrogens is 394 g/mol. The highest BCUT2D eigenvalue weighted by molar-refractivity contribution is 6.31. The SMILES string of the molecule is CCN1/C(=C/C=C2/CCCn3c2[n+](CC)c2cc(Cl)ccc23)Oc2ccc(C)cc21. The van der Waals surface area contributed by atoms with E-state index in [1.165, 1.54) is 28.0 Å². The largest absolute Gasteiger partial charge is 0.439 e. The van der Waals surface area contributed by atoms with Crippen LogP contribution in [0.4, 0.5) is 5.69 Å². The van der Waals surface area contributed by atoms with Crippen LogP contribution in [0.5, 0.6) is 5.75 Å². The smallest absolute Gasteiger partial charge is 0.285 e. The molecule has 2 aliphatic rings. The number of aryl methyl sites for hydroxylation is 3. The van der Waals surface area contributed by atoms with Crippen molar-refractivity contribution in [1.82, 2.24) is 4.57 Å². The second-order valence-electron chi connectivity index (χ2n) is 7.97. The van der Waals surface area contributed by atoms with E-state index in [1.807, 2.05) is 6.07 Å². The zero-order valence-electron chi connectivity index (χ0n) is 17.8. The summed E-state index contributed by atoms with van der Waals surface area (Å²) in [4.78, 5) is 2.24. The van der Waals surface area contributed by atoms with Gasteiger partial charge >= 0.3 is 0 Å². The Morgan fingerprint density at radius 3 is 2.80 bits per heavy atom. The summed E-state index contributed by atoms with van der Waals surface area (Å²) in [6.07, 6.45) is 6.57. The number of anilines is 1. The molecule has 1 aromatic heterocycles. The van der Waals surface area contributed by atoms with E-state index in [4.69, 9.17) is 16.3 Å². The van der Waals surface area contributed by atoms with Gasteiger partial charge < -0.3 is 9.64 Å². The molecule has 0 aliphatic carbocycles. The zero-order chi connectivity index (χ0) is 20.8. The van der Waals surface area contributed by atoms with Crippen LogP contribution < -0.4 is 14.2 Å². The average Bonchev–Trinajstić information content (AvgIpc) is 3.26. The summed E-state index contributed by atoms with van der Waals surface area (Å²) >= 11 is 6.31. The number of allylic oxidation sites excluding steroid dienone is 3. The predicted molar refractivity (Wildman–Crippen MR) is 123 cm³/mol. The Balaban J connectivity index is 1.59. The van der Waals surface area contributed by atoms with Gasteiger partial charge in [-0.15, -0.1) is 0 Å². The van der Waals surface area contributed by atoms with Crippen LogP contribution in [-0.4, -0.2) is 11.1 Å². The van der Waals surface area contributed by atoms with E-state index < -0.39 is 0 Å². The Morgan fingerprint density at radius 2 is 2.00 bits per heavy atom. The molecule has 3 heterocycles. The molecular formula is C25H27ClN3O+. The van der Waals surface area contributed by atoms with Gasteiger partial charge in [0.1, 0.15) is 0 Å². The number of imidazole rings is 1. The van der Waals surface area contributed by atoms with Crippen molar-refractivity contribution in [3.8, 4) is 5.75 Å². The van der Waals surface area contributed by atoms with Gasteiger partial charge in [0.15, 0.2) is 16.8 Å². The monoisotopic (exact) mass is 420 g/mol. The van der Waals surface area contributed by atoms with E-state index >= 15 is 0 Å². The first kappa shape index (κ1) is 19.3. The van der Waals surface area contributed by atoms with Crippen molar-refractivity contribution in [2.75, 3.05) is 11.4 Å². The minimum Gasteiger partial charge on any atom is -0.439 e. The minimum atomic E-state index is 0.784. The first-order valence-electron chi connectivity index (χ1n) is 10.8. The summed E-state index contributed by atoms with van der Waals surface area (Å²) in [7, 11) is 0. The lowest BCUT2D eigenvalue weighted by Gasteiger charge is -2.16. The van der Waals surface area contributed by atoms with Crippen molar-refractivity contribution in [2.24, 2.45) is 0 Å². The van der Waals surface area contributed by atoms with Gasteiger partial charge in [0.05, 0.1) is 18.8 Å². The van der Waals surface area contributed by atoms with Crippen molar-refractivity contribution < 1.29 is 9.30 Å². The molecule has 2 aromatic carbocycles. The van der Waals surface area contributed by atoms with Crippen molar-refractivity contribution in [3.05, 3.63) is 70.8 Å². The second kappa shape index (κ2) is 7.51. The van der Waals surface area contributed by atoms with Crippen LogP contribution in [0.25, 0.3) is 16.6 Å². The highest BCUT2D eigenvalue weighted by Crippen LogP contribution is 2.39. The van der Waals surface area contributed by atoms with Gasteiger partial charge in [-0.05, 0) is 75.6 Å². The van der Waals surface area contributed by atoms with Crippen LogP contribution in [0.2, 0.25) is 5.02 Å².